The van der Waals surface area contributed by atoms with Gasteiger partial charge in [-0.2, -0.15) is 0 Å². The maximum atomic E-state index is 12.3. The molecular formula is C20H25N3O4. The number of rotatable bonds is 8. The predicted octanol–water partition coefficient (Wildman–Crippen LogP) is 4.01. The van der Waals surface area contributed by atoms with Crippen molar-refractivity contribution in [3.05, 3.63) is 63.8 Å². The maximum absolute atomic E-state index is 12.3. The standard InChI is InChI=1S/C20H25N3O4/c1-13(2)15-7-9-16(10-8-15)19(14(3)4)22-18(24)12-27-17-6-5-11-21-20(17)23(25)26/h5-11,13-14,19H,12H2,1-4H3,(H,22,24)/t19-/m0/s1. The van der Waals surface area contributed by atoms with Gasteiger partial charge in [0.25, 0.3) is 5.91 Å². The molecule has 1 N–H and O–H groups in total. The van der Waals surface area contributed by atoms with Crippen LogP contribution in [0.5, 0.6) is 5.75 Å². The molecule has 2 aromatic rings. The van der Waals surface area contributed by atoms with Crippen LogP contribution in [0.1, 0.15) is 50.8 Å². The van der Waals surface area contributed by atoms with E-state index in [9.17, 15) is 14.9 Å². The average Bonchev–Trinajstić information content (AvgIpc) is 2.64. The summed E-state index contributed by atoms with van der Waals surface area (Å²) in [5.74, 6) is -0.170. The minimum absolute atomic E-state index is 0.0277. The number of carbonyl (C=O) groups is 1. The van der Waals surface area contributed by atoms with E-state index in [1.807, 2.05) is 26.0 Å². The van der Waals surface area contributed by atoms with Crippen molar-refractivity contribution < 1.29 is 14.5 Å². The summed E-state index contributed by atoms with van der Waals surface area (Å²) in [6.07, 6.45) is 1.31. The summed E-state index contributed by atoms with van der Waals surface area (Å²) in [7, 11) is 0. The number of nitrogens with one attached hydrogen (secondary N) is 1. The van der Waals surface area contributed by atoms with Gasteiger partial charge in [-0.3, -0.25) is 4.79 Å². The summed E-state index contributed by atoms with van der Waals surface area (Å²) in [6, 6.07) is 10.9. The Labute approximate surface area is 158 Å². The molecule has 0 saturated carbocycles. The summed E-state index contributed by atoms with van der Waals surface area (Å²) in [6.45, 7) is 7.99. The Hall–Kier alpha value is -2.96. The van der Waals surface area contributed by atoms with E-state index in [4.69, 9.17) is 4.74 Å². The van der Waals surface area contributed by atoms with Crippen molar-refractivity contribution in [2.75, 3.05) is 6.61 Å². The fraction of sp³-hybridized carbons (Fsp3) is 0.400. The molecule has 1 amide bonds. The minimum Gasteiger partial charge on any atom is -0.476 e. The first-order valence-electron chi connectivity index (χ1n) is 8.91. The molecule has 0 radical (unpaired) electrons. The first-order valence-corrected chi connectivity index (χ1v) is 8.91. The quantitative estimate of drug-likeness (QED) is 0.559. The molecule has 0 aliphatic rings. The van der Waals surface area contributed by atoms with Gasteiger partial charge in [-0.25, -0.2) is 0 Å². The van der Waals surface area contributed by atoms with Gasteiger partial charge in [0, 0.05) is 0 Å². The number of ether oxygens (including phenoxy) is 1. The highest BCUT2D eigenvalue weighted by Gasteiger charge is 2.21. The molecule has 0 fully saturated rings. The second kappa shape index (κ2) is 9.12. The zero-order valence-electron chi connectivity index (χ0n) is 16.0. The van der Waals surface area contributed by atoms with Crippen LogP contribution in [0.2, 0.25) is 0 Å². The lowest BCUT2D eigenvalue weighted by atomic mass is 9.93. The summed E-state index contributed by atoms with van der Waals surface area (Å²) in [5.41, 5.74) is 2.25. The Morgan fingerprint density at radius 1 is 1.15 bits per heavy atom. The van der Waals surface area contributed by atoms with E-state index in [0.717, 1.165) is 5.56 Å². The smallest absolute Gasteiger partial charge is 0.406 e. The van der Waals surface area contributed by atoms with Crippen LogP contribution in [0.4, 0.5) is 5.82 Å². The van der Waals surface area contributed by atoms with E-state index in [0.29, 0.717) is 5.92 Å². The maximum Gasteiger partial charge on any atom is 0.406 e. The van der Waals surface area contributed by atoms with Gasteiger partial charge in [-0.05, 0) is 45.0 Å². The lowest BCUT2D eigenvalue weighted by Crippen LogP contribution is -2.35. The lowest BCUT2D eigenvalue weighted by molar-refractivity contribution is -0.390. The van der Waals surface area contributed by atoms with Gasteiger partial charge in [0.2, 0.25) is 5.75 Å². The molecule has 7 heteroatoms. The van der Waals surface area contributed by atoms with E-state index in [-0.39, 0.29) is 30.2 Å². The van der Waals surface area contributed by atoms with Gasteiger partial charge < -0.3 is 20.2 Å². The second-order valence-corrected chi connectivity index (χ2v) is 6.98. The molecule has 1 atom stereocenters. The first-order chi connectivity index (χ1) is 12.8. The fourth-order valence-electron chi connectivity index (χ4n) is 2.71. The average molecular weight is 371 g/mol. The molecule has 1 heterocycles. The topological polar surface area (TPSA) is 94.4 Å². The molecule has 27 heavy (non-hydrogen) atoms. The highest BCUT2D eigenvalue weighted by molar-refractivity contribution is 5.78. The Morgan fingerprint density at radius 2 is 1.78 bits per heavy atom. The van der Waals surface area contributed by atoms with Gasteiger partial charge in [0.05, 0.1) is 6.04 Å². The van der Waals surface area contributed by atoms with Crippen LogP contribution in [-0.4, -0.2) is 22.4 Å². The van der Waals surface area contributed by atoms with Crippen LogP contribution >= 0.6 is 0 Å². The zero-order valence-corrected chi connectivity index (χ0v) is 16.0. The van der Waals surface area contributed by atoms with E-state index in [1.165, 1.54) is 23.9 Å². The van der Waals surface area contributed by atoms with Crippen LogP contribution in [0.3, 0.4) is 0 Å². The van der Waals surface area contributed by atoms with Crippen molar-refractivity contribution in [1.29, 1.82) is 0 Å². The molecule has 0 aliphatic carbocycles. The van der Waals surface area contributed by atoms with Crippen LogP contribution in [-0.2, 0) is 4.79 Å². The van der Waals surface area contributed by atoms with Gasteiger partial charge in [-0.1, -0.05) is 52.0 Å². The summed E-state index contributed by atoms with van der Waals surface area (Å²) >= 11 is 0. The van der Waals surface area contributed by atoms with Gasteiger partial charge in [0.1, 0.15) is 6.20 Å². The molecule has 0 bridgehead atoms. The molecule has 1 aromatic heterocycles. The normalized spacial score (nSPS) is 12.1. The number of carbonyl (C=O) groups excluding carboxylic acids is 1. The summed E-state index contributed by atoms with van der Waals surface area (Å²) in [5, 5.41) is 13.9. The number of nitrogens with zero attached hydrogens (tertiary/aromatic N) is 2. The molecule has 0 saturated heterocycles. The van der Waals surface area contributed by atoms with Crippen LogP contribution in [0, 0.1) is 16.0 Å². The number of aromatic nitrogens is 1. The van der Waals surface area contributed by atoms with Gasteiger partial charge in [-0.15, -0.1) is 0 Å². The monoisotopic (exact) mass is 371 g/mol. The van der Waals surface area contributed by atoms with E-state index < -0.39 is 10.7 Å². The lowest BCUT2D eigenvalue weighted by Gasteiger charge is -2.23. The number of pyridine rings is 1. The summed E-state index contributed by atoms with van der Waals surface area (Å²) < 4.78 is 5.31. The number of nitro groups is 1. The fourth-order valence-corrected chi connectivity index (χ4v) is 2.71. The predicted molar refractivity (Wildman–Crippen MR) is 103 cm³/mol. The number of amides is 1. The van der Waals surface area contributed by atoms with Crippen molar-refractivity contribution >= 4 is 11.7 Å². The van der Waals surface area contributed by atoms with Crippen LogP contribution in [0.25, 0.3) is 0 Å². The van der Waals surface area contributed by atoms with Gasteiger partial charge >= 0.3 is 5.82 Å². The zero-order chi connectivity index (χ0) is 20.0. The van der Waals surface area contributed by atoms with E-state index in [1.54, 1.807) is 0 Å². The van der Waals surface area contributed by atoms with Crippen LogP contribution < -0.4 is 10.1 Å². The summed E-state index contributed by atoms with van der Waals surface area (Å²) in [4.78, 5) is 26.3. The third-order valence-electron chi connectivity index (χ3n) is 4.23. The number of hydrogen-bond acceptors (Lipinski definition) is 5. The van der Waals surface area contributed by atoms with Crippen molar-refractivity contribution in [3.63, 3.8) is 0 Å². The highest BCUT2D eigenvalue weighted by atomic mass is 16.6. The second-order valence-electron chi connectivity index (χ2n) is 6.98. The minimum atomic E-state index is -0.638. The molecule has 0 aliphatic heterocycles. The Balaban J connectivity index is 2.04. The molecule has 2 rings (SSSR count). The Kier molecular flexibility index (Phi) is 6.87. The van der Waals surface area contributed by atoms with Crippen molar-refractivity contribution in [2.24, 2.45) is 5.92 Å². The third-order valence-corrected chi connectivity index (χ3v) is 4.23. The first kappa shape index (κ1) is 20.4. The third kappa shape index (κ3) is 5.51. The van der Waals surface area contributed by atoms with Crippen LogP contribution in [0.15, 0.2) is 42.6 Å². The Morgan fingerprint density at radius 3 is 2.33 bits per heavy atom. The van der Waals surface area contributed by atoms with E-state index >= 15 is 0 Å². The van der Waals surface area contributed by atoms with Gasteiger partial charge in [0.15, 0.2) is 6.61 Å². The SMILES string of the molecule is CC(C)c1ccc([C@@H](NC(=O)COc2cccnc2[N+](=O)[O-])C(C)C)cc1. The largest absolute Gasteiger partial charge is 0.476 e. The number of benzene rings is 1. The van der Waals surface area contributed by atoms with Crippen molar-refractivity contribution in [1.82, 2.24) is 10.3 Å². The molecule has 0 spiro atoms. The molecule has 1 aromatic carbocycles. The molecule has 0 unspecified atom stereocenters. The number of hydrogen-bond donors (Lipinski definition) is 1. The molecule has 144 valence electrons. The molecular weight excluding hydrogens is 346 g/mol. The Bertz CT molecular complexity index is 788. The highest BCUT2D eigenvalue weighted by Crippen LogP contribution is 2.25. The van der Waals surface area contributed by atoms with Crippen molar-refractivity contribution in [2.45, 2.75) is 39.7 Å². The van der Waals surface area contributed by atoms with E-state index in [2.05, 4.69) is 36.3 Å². The molecule has 7 nitrogen and oxygen atoms in total. The van der Waals surface area contributed by atoms with Crippen molar-refractivity contribution in [3.8, 4) is 5.75 Å².